The Kier molecular flexibility index (Phi) is 7.05. The van der Waals surface area contributed by atoms with Crippen LogP contribution in [0.2, 0.25) is 0 Å². The van der Waals surface area contributed by atoms with Crippen LogP contribution < -0.4 is 20.3 Å². The number of anilines is 2. The smallest absolute Gasteiger partial charge is 0.225 e. The van der Waals surface area contributed by atoms with E-state index in [-0.39, 0.29) is 5.82 Å². The average molecular weight is 438 g/mol. The summed E-state index contributed by atoms with van der Waals surface area (Å²) >= 11 is 0. The normalized spacial score (nSPS) is 18.5. The molecular formula is C25H32FN5O. The molecule has 0 amide bonds. The Hall–Kier alpha value is -2.93. The third-order valence-corrected chi connectivity index (χ3v) is 6.20. The van der Waals surface area contributed by atoms with Crippen LogP contribution in [0.4, 0.5) is 16.2 Å². The molecule has 1 aliphatic carbocycles. The summed E-state index contributed by atoms with van der Waals surface area (Å²) in [6.45, 7) is 1.43. The molecule has 1 saturated carbocycles. The number of aromatic nitrogens is 2. The van der Waals surface area contributed by atoms with E-state index in [0.717, 1.165) is 48.9 Å². The number of para-hydroxylation sites is 1. The van der Waals surface area contributed by atoms with Crippen LogP contribution in [0.1, 0.15) is 31.2 Å². The third kappa shape index (κ3) is 5.27. The first kappa shape index (κ1) is 22.3. The average Bonchev–Trinajstić information content (AvgIpc) is 2.80. The molecule has 1 heterocycles. The maximum Gasteiger partial charge on any atom is 0.225 e. The number of nitrogens with zero attached hydrogens (tertiary/aromatic N) is 3. The second kappa shape index (κ2) is 10.1. The molecule has 32 heavy (non-hydrogen) atoms. The van der Waals surface area contributed by atoms with E-state index in [1.54, 1.807) is 19.2 Å². The van der Waals surface area contributed by atoms with E-state index < -0.39 is 0 Å². The summed E-state index contributed by atoms with van der Waals surface area (Å²) in [4.78, 5) is 11.5. The van der Waals surface area contributed by atoms with Crippen molar-refractivity contribution >= 4 is 22.7 Å². The molecule has 0 saturated heterocycles. The number of hydrogen-bond donors (Lipinski definition) is 2. The highest BCUT2D eigenvalue weighted by atomic mass is 19.1. The lowest BCUT2D eigenvalue weighted by molar-refractivity contribution is 0.323. The van der Waals surface area contributed by atoms with Crippen molar-refractivity contribution in [1.82, 2.24) is 15.3 Å². The second-order valence-corrected chi connectivity index (χ2v) is 8.73. The van der Waals surface area contributed by atoms with Crippen molar-refractivity contribution in [3.63, 3.8) is 0 Å². The van der Waals surface area contributed by atoms with E-state index in [9.17, 15) is 4.39 Å². The van der Waals surface area contributed by atoms with Gasteiger partial charge in [0.15, 0.2) is 0 Å². The summed E-state index contributed by atoms with van der Waals surface area (Å²) in [5.74, 6) is 2.55. The Balaban J connectivity index is 1.28. The zero-order chi connectivity index (χ0) is 22.5. The monoisotopic (exact) mass is 437 g/mol. The molecule has 1 aromatic heterocycles. The van der Waals surface area contributed by atoms with Crippen molar-refractivity contribution < 1.29 is 9.13 Å². The molecule has 1 fully saturated rings. The summed E-state index contributed by atoms with van der Waals surface area (Å²) in [6, 6.07) is 13.5. The number of methoxy groups -OCH3 is 1. The van der Waals surface area contributed by atoms with Gasteiger partial charge in [0, 0.05) is 43.7 Å². The summed E-state index contributed by atoms with van der Waals surface area (Å²) < 4.78 is 19.2. The van der Waals surface area contributed by atoms with Gasteiger partial charge in [0.25, 0.3) is 0 Å². The molecule has 2 N–H and O–H groups in total. The van der Waals surface area contributed by atoms with Gasteiger partial charge < -0.3 is 20.3 Å². The van der Waals surface area contributed by atoms with Crippen LogP contribution in [-0.4, -0.2) is 43.8 Å². The topological polar surface area (TPSA) is 62.3 Å². The molecule has 0 bridgehead atoms. The van der Waals surface area contributed by atoms with E-state index in [2.05, 4.69) is 16.7 Å². The molecule has 0 spiro atoms. The van der Waals surface area contributed by atoms with Crippen LogP contribution in [0.3, 0.4) is 0 Å². The van der Waals surface area contributed by atoms with Gasteiger partial charge in [-0.15, -0.1) is 0 Å². The van der Waals surface area contributed by atoms with E-state index >= 15 is 0 Å². The predicted molar refractivity (Wildman–Crippen MR) is 128 cm³/mol. The minimum absolute atomic E-state index is 0.225. The van der Waals surface area contributed by atoms with Crippen LogP contribution in [0.15, 0.2) is 42.5 Å². The summed E-state index contributed by atoms with van der Waals surface area (Å²) in [5.41, 5.74) is 1.63. The lowest BCUT2D eigenvalue weighted by atomic mass is 9.86. The summed E-state index contributed by atoms with van der Waals surface area (Å²) in [6.07, 6.45) is 4.42. The number of halogens is 1. The first-order valence-corrected chi connectivity index (χ1v) is 11.3. The van der Waals surface area contributed by atoms with E-state index in [4.69, 9.17) is 14.7 Å². The van der Waals surface area contributed by atoms with E-state index in [1.807, 2.05) is 37.2 Å². The van der Waals surface area contributed by atoms with Crippen LogP contribution in [0, 0.1) is 11.7 Å². The summed E-state index contributed by atoms with van der Waals surface area (Å²) in [7, 11) is 5.56. The molecule has 1 aliphatic rings. The second-order valence-electron chi connectivity index (χ2n) is 8.73. The highest BCUT2D eigenvalue weighted by molar-refractivity contribution is 5.90. The zero-order valence-electron chi connectivity index (χ0n) is 19.1. The maximum atomic E-state index is 14.1. The number of nitrogens with one attached hydrogen (secondary N) is 2. The Morgan fingerprint density at radius 1 is 1.06 bits per heavy atom. The van der Waals surface area contributed by atoms with E-state index in [0.29, 0.717) is 35.8 Å². The molecular weight excluding hydrogens is 405 g/mol. The van der Waals surface area contributed by atoms with Crippen molar-refractivity contribution in [3.05, 3.63) is 53.8 Å². The summed E-state index contributed by atoms with van der Waals surface area (Å²) in [5, 5.41) is 8.04. The fraction of sp³-hybridized carbons (Fsp3) is 0.440. The van der Waals surface area contributed by atoms with Crippen molar-refractivity contribution in [2.45, 2.75) is 38.3 Å². The molecule has 170 valence electrons. The minimum atomic E-state index is -0.225. The Morgan fingerprint density at radius 3 is 2.56 bits per heavy atom. The Bertz CT molecular complexity index is 1050. The Labute approximate surface area is 189 Å². The van der Waals surface area contributed by atoms with Gasteiger partial charge >= 0.3 is 0 Å². The maximum absolute atomic E-state index is 14.1. The van der Waals surface area contributed by atoms with Gasteiger partial charge in [0.1, 0.15) is 17.4 Å². The molecule has 4 rings (SSSR count). The first-order chi connectivity index (χ1) is 15.5. The lowest BCUT2D eigenvalue weighted by Gasteiger charge is -2.29. The van der Waals surface area contributed by atoms with E-state index in [1.165, 1.54) is 6.07 Å². The van der Waals surface area contributed by atoms with Gasteiger partial charge in [-0.3, -0.25) is 0 Å². The van der Waals surface area contributed by atoms with Crippen LogP contribution in [0.5, 0.6) is 5.75 Å². The largest absolute Gasteiger partial charge is 0.497 e. The molecule has 2 aromatic carbocycles. The quantitative estimate of drug-likeness (QED) is 0.537. The molecule has 0 atom stereocenters. The molecule has 0 radical (unpaired) electrons. The SMILES string of the molecule is COc1ccc(CNCC2CCC(Nc3nc(N(C)C)c4ccccc4n3)CC2)c(F)c1. The van der Waals surface area contributed by atoms with Crippen LogP contribution in [-0.2, 0) is 6.54 Å². The number of benzene rings is 2. The first-order valence-electron chi connectivity index (χ1n) is 11.3. The molecule has 3 aromatic rings. The van der Waals surface area contributed by atoms with Crippen molar-refractivity contribution in [2.75, 3.05) is 38.0 Å². The van der Waals surface area contributed by atoms with Crippen molar-refractivity contribution in [1.29, 1.82) is 0 Å². The van der Waals surface area contributed by atoms with Gasteiger partial charge in [-0.05, 0) is 56.3 Å². The van der Waals surface area contributed by atoms with Crippen LogP contribution in [0.25, 0.3) is 10.9 Å². The number of ether oxygens (including phenoxy) is 1. The Morgan fingerprint density at radius 2 is 1.84 bits per heavy atom. The number of hydrogen-bond acceptors (Lipinski definition) is 6. The van der Waals surface area contributed by atoms with Crippen molar-refractivity contribution in [3.8, 4) is 5.75 Å². The minimum Gasteiger partial charge on any atom is -0.497 e. The van der Waals surface area contributed by atoms with Crippen LogP contribution >= 0.6 is 0 Å². The fourth-order valence-electron chi connectivity index (χ4n) is 4.37. The third-order valence-electron chi connectivity index (χ3n) is 6.20. The standard InChI is InChI=1S/C25H32FN5O/c1-31(2)24-21-6-4-5-7-23(21)29-25(30-24)28-19-11-8-17(9-12-19)15-27-16-18-10-13-20(32-3)14-22(18)26/h4-7,10,13-14,17,19,27H,8-9,11-12,15-16H2,1-3H3,(H,28,29,30). The molecule has 0 aliphatic heterocycles. The number of fused-ring (bicyclic) bond motifs is 1. The van der Waals surface area contributed by atoms with Gasteiger partial charge in [0.2, 0.25) is 5.95 Å². The highest BCUT2D eigenvalue weighted by Crippen LogP contribution is 2.28. The van der Waals surface area contributed by atoms with Crippen molar-refractivity contribution in [2.24, 2.45) is 5.92 Å². The van der Waals surface area contributed by atoms with Gasteiger partial charge in [-0.2, -0.15) is 4.98 Å². The fourth-order valence-corrected chi connectivity index (χ4v) is 4.37. The number of rotatable bonds is 8. The van der Waals surface area contributed by atoms with Gasteiger partial charge in [-0.1, -0.05) is 18.2 Å². The molecule has 0 unspecified atom stereocenters. The molecule has 6 nitrogen and oxygen atoms in total. The highest BCUT2D eigenvalue weighted by Gasteiger charge is 2.22. The molecule has 7 heteroatoms. The van der Waals surface area contributed by atoms with Gasteiger partial charge in [-0.25, -0.2) is 9.37 Å². The lowest BCUT2D eigenvalue weighted by Crippen LogP contribution is -2.31. The zero-order valence-corrected chi connectivity index (χ0v) is 19.1. The predicted octanol–water partition coefficient (Wildman–Crippen LogP) is 4.60. The van der Waals surface area contributed by atoms with Gasteiger partial charge in [0.05, 0.1) is 12.6 Å².